The number of hydrogen-bond acceptors (Lipinski definition) is 8. The standard InChI is InChI=1S/C23H23ClN6O3S/c1-4-10-26-20-17-21(29-16(28-20)9-7-13-6-8-15(24)34-13)30(12-27-17)14-11-23(5-2,22(33)25-3)19(32)18(14)31/h2,6,8,12,14,18-19,31-32H,4,10-11H2,1,3H3,(H,25,33)(H,26,28,29)/t14-,18?,19?,23+/m1/s1. The highest BCUT2D eigenvalue weighted by Crippen LogP contribution is 2.45. The summed E-state index contributed by atoms with van der Waals surface area (Å²) in [5.74, 6) is 8.59. The molecule has 1 aliphatic carbocycles. The Balaban J connectivity index is 1.80. The molecular weight excluding hydrogens is 476 g/mol. The summed E-state index contributed by atoms with van der Waals surface area (Å²) in [5, 5.41) is 27.3. The minimum atomic E-state index is -1.58. The van der Waals surface area contributed by atoms with E-state index in [2.05, 4.69) is 43.3 Å². The molecule has 3 aromatic heterocycles. The van der Waals surface area contributed by atoms with Gasteiger partial charge in [-0.05, 0) is 36.8 Å². The highest BCUT2D eigenvalue weighted by Gasteiger charge is 2.57. The number of hydrogen-bond donors (Lipinski definition) is 4. The third kappa shape index (κ3) is 4.10. The third-order valence-electron chi connectivity index (χ3n) is 5.84. The monoisotopic (exact) mass is 498 g/mol. The molecule has 0 bridgehead atoms. The number of carbonyl (C=O) groups excluding carboxylic acids is 1. The Hall–Kier alpha value is -3.15. The average molecular weight is 499 g/mol. The number of halogens is 1. The van der Waals surface area contributed by atoms with Gasteiger partial charge in [0.2, 0.25) is 11.7 Å². The predicted molar refractivity (Wildman–Crippen MR) is 130 cm³/mol. The minimum Gasteiger partial charge on any atom is -0.388 e. The van der Waals surface area contributed by atoms with Gasteiger partial charge in [0, 0.05) is 13.6 Å². The predicted octanol–water partition coefficient (Wildman–Crippen LogP) is 1.80. The molecule has 1 aliphatic rings. The van der Waals surface area contributed by atoms with Crippen LogP contribution < -0.4 is 10.6 Å². The first kappa shape index (κ1) is 24.0. The Morgan fingerprint density at radius 3 is 2.82 bits per heavy atom. The number of rotatable bonds is 5. The van der Waals surface area contributed by atoms with Crippen LogP contribution in [0.1, 0.15) is 36.5 Å². The highest BCUT2D eigenvalue weighted by molar-refractivity contribution is 7.16. The zero-order valence-electron chi connectivity index (χ0n) is 18.5. The molecule has 1 saturated carbocycles. The number of nitrogens with one attached hydrogen (secondary N) is 2. The number of aromatic nitrogens is 4. The van der Waals surface area contributed by atoms with Crippen LogP contribution in [0, 0.1) is 29.6 Å². The summed E-state index contributed by atoms with van der Waals surface area (Å²) in [6.07, 6.45) is 5.27. The van der Waals surface area contributed by atoms with E-state index in [1.807, 2.05) is 13.0 Å². The Kier molecular flexibility index (Phi) is 6.78. The molecule has 4 N–H and O–H groups in total. The maximum atomic E-state index is 12.5. The number of terminal acetylenes is 1. The van der Waals surface area contributed by atoms with Crippen LogP contribution in [0.2, 0.25) is 4.34 Å². The fraction of sp³-hybridized carbons (Fsp3) is 0.391. The first-order valence-corrected chi connectivity index (χ1v) is 11.9. The average Bonchev–Trinajstić information content (AvgIpc) is 3.52. The van der Waals surface area contributed by atoms with Gasteiger partial charge >= 0.3 is 0 Å². The number of thiophene rings is 1. The summed E-state index contributed by atoms with van der Waals surface area (Å²) in [5.41, 5.74) is -0.687. The molecular formula is C23H23ClN6O3S. The maximum Gasteiger partial charge on any atom is 0.240 e. The molecule has 2 unspecified atom stereocenters. The molecule has 0 aromatic carbocycles. The van der Waals surface area contributed by atoms with E-state index in [1.54, 1.807) is 10.6 Å². The van der Waals surface area contributed by atoms with Crippen molar-refractivity contribution in [2.45, 2.75) is 38.0 Å². The van der Waals surface area contributed by atoms with Gasteiger partial charge in [0.25, 0.3) is 0 Å². The third-order valence-corrected chi connectivity index (χ3v) is 6.98. The lowest BCUT2D eigenvalue weighted by atomic mass is 9.83. The number of imidazole rings is 1. The SMILES string of the molecule is C#C[C@]1(C(=O)NC)C[C@@H](n2cnc3c(NCCC)nc(C#Cc4ccc(Cl)s4)nc32)C(O)C1O. The Bertz CT molecular complexity index is 1340. The van der Waals surface area contributed by atoms with Crippen molar-refractivity contribution < 1.29 is 15.0 Å². The van der Waals surface area contributed by atoms with E-state index >= 15 is 0 Å². The molecule has 176 valence electrons. The van der Waals surface area contributed by atoms with E-state index in [0.717, 1.165) is 11.3 Å². The summed E-state index contributed by atoms with van der Waals surface area (Å²) >= 11 is 7.33. The zero-order chi connectivity index (χ0) is 24.5. The smallest absolute Gasteiger partial charge is 0.240 e. The molecule has 4 rings (SSSR count). The topological polar surface area (TPSA) is 125 Å². The lowest BCUT2D eigenvalue weighted by Gasteiger charge is -2.24. The lowest BCUT2D eigenvalue weighted by Crippen LogP contribution is -2.46. The largest absolute Gasteiger partial charge is 0.388 e. The van der Waals surface area contributed by atoms with Gasteiger partial charge in [-0.1, -0.05) is 24.4 Å². The van der Waals surface area contributed by atoms with Gasteiger partial charge in [-0.15, -0.1) is 17.8 Å². The fourth-order valence-electron chi connectivity index (χ4n) is 4.08. The fourth-order valence-corrected chi connectivity index (χ4v) is 4.97. The molecule has 1 fully saturated rings. The number of aliphatic hydroxyl groups is 2. The van der Waals surface area contributed by atoms with Crippen molar-refractivity contribution in [2.75, 3.05) is 18.9 Å². The Labute approximate surface area is 205 Å². The van der Waals surface area contributed by atoms with Gasteiger partial charge in [-0.3, -0.25) is 4.79 Å². The molecule has 34 heavy (non-hydrogen) atoms. The molecule has 1 amide bonds. The Morgan fingerprint density at radius 1 is 1.38 bits per heavy atom. The summed E-state index contributed by atoms with van der Waals surface area (Å²) in [6, 6.07) is 2.84. The van der Waals surface area contributed by atoms with Crippen LogP contribution in [0.3, 0.4) is 0 Å². The molecule has 4 atom stereocenters. The van der Waals surface area contributed by atoms with Crippen LogP contribution in [0.5, 0.6) is 0 Å². The van der Waals surface area contributed by atoms with Gasteiger partial charge in [0.05, 0.1) is 21.6 Å². The molecule has 0 saturated heterocycles. The lowest BCUT2D eigenvalue weighted by molar-refractivity contribution is -0.133. The van der Waals surface area contributed by atoms with Gasteiger partial charge in [-0.25, -0.2) is 15.0 Å². The van der Waals surface area contributed by atoms with Crippen molar-refractivity contribution >= 4 is 45.8 Å². The van der Waals surface area contributed by atoms with Gasteiger partial charge in [0.15, 0.2) is 17.0 Å². The summed E-state index contributed by atoms with van der Waals surface area (Å²) in [7, 11) is 1.44. The van der Waals surface area contributed by atoms with Crippen molar-refractivity contribution in [3.63, 3.8) is 0 Å². The molecule has 0 aliphatic heterocycles. The number of fused-ring (bicyclic) bond motifs is 1. The second-order valence-electron chi connectivity index (χ2n) is 7.90. The highest BCUT2D eigenvalue weighted by atomic mass is 35.5. The Morgan fingerprint density at radius 2 is 2.18 bits per heavy atom. The second kappa shape index (κ2) is 9.61. The summed E-state index contributed by atoms with van der Waals surface area (Å²) in [6.45, 7) is 2.69. The quantitative estimate of drug-likeness (QED) is 0.395. The van der Waals surface area contributed by atoms with E-state index in [4.69, 9.17) is 18.0 Å². The van der Waals surface area contributed by atoms with Crippen molar-refractivity contribution in [3.8, 4) is 24.2 Å². The zero-order valence-corrected chi connectivity index (χ0v) is 20.1. The van der Waals surface area contributed by atoms with E-state index in [1.165, 1.54) is 24.7 Å². The normalized spacial score (nSPS) is 23.8. The van der Waals surface area contributed by atoms with Crippen LogP contribution in [-0.4, -0.2) is 61.4 Å². The van der Waals surface area contributed by atoms with Crippen molar-refractivity contribution in [1.82, 2.24) is 24.8 Å². The molecule has 11 heteroatoms. The van der Waals surface area contributed by atoms with Gasteiger partial charge < -0.3 is 25.4 Å². The van der Waals surface area contributed by atoms with Crippen molar-refractivity contribution in [3.05, 3.63) is 33.5 Å². The number of nitrogens with zero attached hydrogens (tertiary/aromatic N) is 4. The van der Waals surface area contributed by atoms with Crippen LogP contribution in [0.4, 0.5) is 5.82 Å². The summed E-state index contributed by atoms with van der Waals surface area (Å²) < 4.78 is 2.25. The molecule has 3 heterocycles. The molecule has 9 nitrogen and oxygen atoms in total. The van der Waals surface area contributed by atoms with E-state index in [0.29, 0.717) is 27.9 Å². The maximum absolute atomic E-state index is 12.5. The van der Waals surface area contributed by atoms with Crippen molar-refractivity contribution in [2.24, 2.45) is 5.41 Å². The molecule has 3 aromatic rings. The molecule has 0 spiro atoms. The van der Waals surface area contributed by atoms with Crippen LogP contribution in [0.15, 0.2) is 18.5 Å². The van der Waals surface area contributed by atoms with Crippen LogP contribution >= 0.6 is 22.9 Å². The second-order valence-corrected chi connectivity index (χ2v) is 9.62. The van der Waals surface area contributed by atoms with Crippen molar-refractivity contribution in [1.29, 1.82) is 0 Å². The number of anilines is 1. The van der Waals surface area contributed by atoms with Crippen LogP contribution in [-0.2, 0) is 4.79 Å². The van der Waals surface area contributed by atoms with E-state index in [9.17, 15) is 15.0 Å². The van der Waals surface area contributed by atoms with E-state index in [-0.39, 0.29) is 12.2 Å². The first-order chi connectivity index (χ1) is 16.3. The van der Waals surface area contributed by atoms with Gasteiger partial charge in [0.1, 0.15) is 17.6 Å². The number of aliphatic hydroxyl groups excluding tert-OH is 2. The minimum absolute atomic E-state index is 0.00734. The van der Waals surface area contributed by atoms with E-state index < -0.39 is 29.6 Å². The molecule has 0 radical (unpaired) electrons. The number of amides is 1. The first-order valence-electron chi connectivity index (χ1n) is 10.7. The van der Waals surface area contributed by atoms with Crippen LogP contribution in [0.25, 0.3) is 11.2 Å². The summed E-state index contributed by atoms with van der Waals surface area (Å²) in [4.78, 5) is 26.8. The van der Waals surface area contributed by atoms with Gasteiger partial charge in [-0.2, -0.15) is 0 Å². The number of carbonyl (C=O) groups is 1.